The minimum absolute atomic E-state index is 0.0408. The number of esters is 1. The molecule has 1 aliphatic rings. The Morgan fingerprint density at radius 3 is 2.26 bits per heavy atom. The van der Waals surface area contributed by atoms with Gasteiger partial charge in [0.05, 0.1) is 12.5 Å². The normalized spacial score (nSPS) is 15.9. The Labute approximate surface area is 159 Å². The van der Waals surface area contributed by atoms with Gasteiger partial charge in [0.25, 0.3) is 0 Å². The van der Waals surface area contributed by atoms with E-state index < -0.39 is 5.41 Å². The lowest BCUT2D eigenvalue weighted by atomic mass is 9.72. The summed E-state index contributed by atoms with van der Waals surface area (Å²) < 4.78 is 11.1. The smallest absolute Gasteiger partial charge is 0.317 e. The Balaban J connectivity index is 1.81. The number of para-hydroxylation sites is 1. The summed E-state index contributed by atoms with van der Waals surface area (Å²) in [6.45, 7) is 2.82. The van der Waals surface area contributed by atoms with Crippen LogP contribution in [0.25, 0.3) is 0 Å². The lowest BCUT2D eigenvalue weighted by Crippen LogP contribution is -2.49. The molecule has 5 nitrogen and oxygen atoms in total. The van der Waals surface area contributed by atoms with Gasteiger partial charge >= 0.3 is 5.97 Å². The summed E-state index contributed by atoms with van der Waals surface area (Å²) in [4.78, 5) is 26.7. The number of methoxy groups -OCH3 is 1. The van der Waals surface area contributed by atoms with Crippen molar-refractivity contribution < 1.29 is 19.1 Å². The van der Waals surface area contributed by atoms with Crippen LogP contribution < -0.4 is 4.74 Å². The summed E-state index contributed by atoms with van der Waals surface area (Å²) >= 11 is 0. The van der Waals surface area contributed by atoms with Crippen LogP contribution in [0.1, 0.15) is 30.9 Å². The number of ether oxygens (including phenoxy) is 2. The Hall–Kier alpha value is -2.82. The van der Waals surface area contributed by atoms with Crippen LogP contribution in [0.15, 0.2) is 54.6 Å². The second kappa shape index (κ2) is 8.25. The highest BCUT2D eigenvalue weighted by molar-refractivity contribution is 5.84. The van der Waals surface area contributed by atoms with Gasteiger partial charge in [-0.15, -0.1) is 0 Å². The average molecular weight is 367 g/mol. The number of rotatable bonds is 5. The maximum absolute atomic E-state index is 13.2. The molecular formula is C22H25NO4. The molecule has 0 spiro atoms. The van der Waals surface area contributed by atoms with E-state index in [9.17, 15) is 9.59 Å². The quantitative estimate of drug-likeness (QED) is 0.761. The monoisotopic (exact) mass is 367 g/mol. The van der Waals surface area contributed by atoms with Crippen molar-refractivity contribution in [3.63, 3.8) is 0 Å². The highest BCUT2D eigenvalue weighted by atomic mass is 16.5. The first-order chi connectivity index (χ1) is 13.1. The summed E-state index contributed by atoms with van der Waals surface area (Å²) in [6, 6.07) is 17.2. The van der Waals surface area contributed by atoms with Crippen LogP contribution in [-0.2, 0) is 26.3 Å². The van der Waals surface area contributed by atoms with Crippen LogP contribution in [0.3, 0.4) is 0 Å². The lowest BCUT2D eigenvalue weighted by molar-refractivity contribution is -0.155. The van der Waals surface area contributed by atoms with E-state index in [-0.39, 0.29) is 18.5 Å². The molecule has 0 bridgehead atoms. The third kappa shape index (κ3) is 3.97. The highest BCUT2D eigenvalue weighted by Gasteiger charge is 2.44. The molecule has 1 fully saturated rings. The molecular weight excluding hydrogens is 342 g/mol. The zero-order valence-corrected chi connectivity index (χ0v) is 15.8. The molecule has 0 aromatic heterocycles. The molecule has 1 aliphatic heterocycles. The molecule has 3 rings (SSSR count). The Morgan fingerprint density at radius 1 is 1.00 bits per heavy atom. The predicted molar refractivity (Wildman–Crippen MR) is 102 cm³/mol. The van der Waals surface area contributed by atoms with E-state index in [0.29, 0.717) is 31.7 Å². The largest absolute Gasteiger partial charge is 0.496 e. The van der Waals surface area contributed by atoms with Gasteiger partial charge in [0, 0.05) is 25.6 Å². The standard InChI is InChI=1S/C22H25NO4/c1-17(24)23-14-12-22(13-15-23,19-9-4-3-5-10-19)21(25)27-16-18-8-6-7-11-20(18)26-2/h3-11H,12-16H2,1-2H3. The van der Waals surface area contributed by atoms with Crippen LogP contribution in [0.4, 0.5) is 0 Å². The molecule has 0 N–H and O–H groups in total. The summed E-state index contributed by atoms with van der Waals surface area (Å²) in [5.41, 5.74) is 1.05. The third-order valence-electron chi connectivity index (χ3n) is 5.33. The van der Waals surface area contributed by atoms with Gasteiger partial charge in [-0.05, 0) is 24.5 Å². The lowest BCUT2D eigenvalue weighted by Gasteiger charge is -2.40. The molecule has 0 aliphatic carbocycles. The first-order valence-electron chi connectivity index (χ1n) is 9.17. The molecule has 0 unspecified atom stereocenters. The van der Waals surface area contributed by atoms with Crippen LogP contribution >= 0.6 is 0 Å². The summed E-state index contributed by atoms with van der Waals surface area (Å²) in [6.07, 6.45) is 1.11. The molecule has 27 heavy (non-hydrogen) atoms. The first-order valence-corrected chi connectivity index (χ1v) is 9.17. The molecule has 1 heterocycles. The van der Waals surface area contributed by atoms with E-state index in [1.165, 1.54) is 0 Å². The van der Waals surface area contributed by atoms with Crippen molar-refractivity contribution in [2.45, 2.75) is 31.8 Å². The van der Waals surface area contributed by atoms with Crippen molar-refractivity contribution >= 4 is 11.9 Å². The van der Waals surface area contributed by atoms with E-state index in [0.717, 1.165) is 11.1 Å². The molecule has 2 aromatic carbocycles. The van der Waals surface area contributed by atoms with Crippen LogP contribution in [0, 0.1) is 0 Å². The van der Waals surface area contributed by atoms with Gasteiger partial charge in [-0.1, -0.05) is 48.5 Å². The number of likely N-dealkylation sites (tertiary alicyclic amines) is 1. The zero-order chi connectivity index (χ0) is 19.3. The minimum Gasteiger partial charge on any atom is -0.496 e. The topological polar surface area (TPSA) is 55.8 Å². The Bertz CT molecular complexity index is 795. The van der Waals surface area contributed by atoms with E-state index in [2.05, 4.69) is 0 Å². The van der Waals surface area contributed by atoms with Crippen molar-refractivity contribution in [3.8, 4) is 5.75 Å². The fraction of sp³-hybridized carbons (Fsp3) is 0.364. The zero-order valence-electron chi connectivity index (χ0n) is 15.8. The van der Waals surface area contributed by atoms with E-state index in [4.69, 9.17) is 9.47 Å². The van der Waals surface area contributed by atoms with Crippen molar-refractivity contribution in [1.82, 2.24) is 4.90 Å². The van der Waals surface area contributed by atoms with Crippen molar-refractivity contribution in [2.75, 3.05) is 20.2 Å². The van der Waals surface area contributed by atoms with Gasteiger partial charge in [0.1, 0.15) is 12.4 Å². The number of benzene rings is 2. The van der Waals surface area contributed by atoms with Gasteiger partial charge in [0.15, 0.2) is 0 Å². The van der Waals surface area contributed by atoms with Gasteiger partial charge in [0.2, 0.25) is 5.91 Å². The number of carbonyl (C=O) groups is 2. The molecule has 0 radical (unpaired) electrons. The maximum Gasteiger partial charge on any atom is 0.317 e. The molecule has 142 valence electrons. The van der Waals surface area contributed by atoms with Gasteiger partial charge in [-0.25, -0.2) is 0 Å². The minimum atomic E-state index is -0.727. The molecule has 2 aromatic rings. The van der Waals surface area contributed by atoms with Gasteiger partial charge in [-0.3, -0.25) is 9.59 Å². The van der Waals surface area contributed by atoms with Crippen molar-refractivity contribution in [1.29, 1.82) is 0 Å². The highest BCUT2D eigenvalue weighted by Crippen LogP contribution is 2.37. The number of amides is 1. The summed E-state index contributed by atoms with van der Waals surface area (Å²) in [5, 5.41) is 0. The molecule has 0 atom stereocenters. The van der Waals surface area contributed by atoms with Gasteiger partial charge < -0.3 is 14.4 Å². The van der Waals surface area contributed by atoms with Crippen LogP contribution in [-0.4, -0.2) is 37.0 Å². The molecule has 1 amide bonds. The second-order valence-corrected chi connectivity index (χ2v) is 6.84. The predicted octanol–water partition coefficient (Wildman–Crippen LogP) is 3.32. The average Bonchev–Trinajstić information content (AvgIpc) is 2.72. The third-order valence-corrected chi connectivity index (χ3v) is 5.33. The molecule has 1 saturated heterocycles. The Morgan fingerprint density at radius 2 is 1.63 bits per heavy atom. The fourth-order valence-electron chi connectivity index (χ4n) is 3.67. The van der Waals surface area contributed by atoms with E-state index in [1.54, 1.807) is 18.9 Å². The summed E-state index contributed by atoms with van der Waals surface area (Å²) in [7, 11) is 1.60. The fourth-order valence-corrected chi connectivity index (χ4v) is 3.67. The van der Waals surface area contributed by atoms with Gasteiger partial charge in [-0.2, -0.15) is 0 Å². The summed E-state index contributed by atoms with van der Waals surface area (Å²) in [5.74, 6) is 0.493. The second-order valence-electron chi connectivity index (χ2n) is 6.84. The number of hydrogen-bond acceptors (Lipinski definition) is 4. The van der Waals surface area contributed by atoms with E-state index in [1.807, 2.05) is 54.6 Å². The number of hydrogen-bond donors (Lipinski definition) is 0. The van der Waals surface area contributed by atoms with Crippen molar-refractivity contribution in [2.24, 2.45) is 0 Å². The number of carbonyl (C=O) groups excluding carboxylic acids is 2. The molecule has 0 saturated carbocycles. The Kier molecular flexibility index (Phi) is 5.79. The number of nitrogens with zero attached hydrogens (tertiary/aromatic N) is 1. The number of piperidine rings is 1. The maximum atomic E-state index is 13.2. The van der Waals surface area contributed by atoms with Crippen LogP contribution in [0.2, 0.25) is 0 Å². The van der Waals surface area contributed by atoms with Crippen LogP contribution in [0.5, 0.6) is 5.75 Å². The molecule has 5 heteroatoms. The van der Waals surface area contributed by atoms with Crippen molar-refractivity contribution in [3.05, 3.63) is 65.7 Å². The first kappa shape index (κ1) is 19.0. The SMILES string of the molecule is COc1ccccc1COC(=O)C1(c2ccccc2)CCN(C(C)=O)CC1. The van der Waals surface area contributed by atoms with E-state index >= 15 is 0 Å².